The summed E-state index contributed by atoms with van der Waals surface area (Å²) in [5.74, 6) is 0. The monoisotopic (exact) mass is 212 g/mol. The van der Waals surface area contributed by atoms with E-state index in [9.17, 15) is 8.42 Å². The minimum Gasteiger partial charge on any atom is -0.355 e. The van der Waals surface area contributed by atoms with Gasteiger partial charge in [0, 0.05) is 7.11 Å². The van der Waals surface area contributed by atoms with Gasteiger partial charge in [-0.25, -0.2) is 8.37 Å². The molecule has 0 heterocycles. The summed E-state index contributed by atoms with van der Waals surface area (Å²) in [4.78, 5) is 0. The summed E-state index contributed by atoms with van der Waals surface area (Å²) >= 11 is 0. The zero-order valence-electron chi connectivity index (χ0n) is 8.15. The lowest BCUT2D eigenvalue weighted by atomic mass is 10.5. The van der Waals surface area contributed by atoms with Crippen LogP contribution in [0.5, 0.6) is 0 Å². The van der Waals surface area contributed by atoms with Crippen molar-refractivity contribution >= 4 is 10.4 Å². The van der Waals surface area contributed by atoms with E-state index in [0.29, 0.717) is 12.8 Å². The first-order chi connectivity index (χ1) is 6.05. The third-order valence-electron chi connectivity index (χ3n) is 1.25. The summed E-state index contributed by atoms with van der Waals surface area (Å²) in [5, 5.41) is 0. The highest BCUT2D eigenvalue weighted by atomic mass is 32.3. The molecule has 1 unspecified atom stereocenters. The zero-order valence-corrected chi connectivity index (χ0v) is 8.96. The highest BCUT2D eigenvalue weighted by molar-refractivity contribution is 7.81. The van der Waals surface area contributed by atoms with Crippen molar-refractivity contribution < 1.29 is 21.5 Å². The van der Waals surface area contributed by atoms with Crippen LogP contribution in [0.15, 0.2) is 0 Å². The van der Waals surface area contributed by atoms with E-state index >= 15 is 0 Å². The summed E-state index contributed by atoms with van der Waals surface area (Å²) in [6.45, 7) is 3.69. The molecule has 0 N–H and O–H groups in total. The SMILES string of the molecule is CCCOS(=O)(=O)OC(CC)OC. The first kappa shape index (κ1) is 12.8. The number of rotatable bonds is 7. The second-order valence-electron chi connectivity index (χ2n) is 2.40. The molecule has 0 aliphatic heterocycles. The van der Waals surface area contributed by atoms with Crippen LogP contribution in [0.25, 0.3) is 0 Å². The van der Waals surface area contributed by atoms with E-state index in [1.165, 1.54) is 7.11 Å². The maximum Gasteiger partial charge on any atom is 0.402 e. The molecule has 0 bridgehead atoms. The summed E-state index contributed by atoms with van der Waals surface area (Å²) in [6, 6.07) is 0. The van der Waals surface area contributed by atoms with Crippen molar-refractivity contribution in [2.75, 3.05) is 13.7 Å². The van der Waals surface area contributed by atoms with Gasteiger partial charge >= 0.3 is 10.4 Å². The zero-order chi connectivity index (χ0) is 10.3. The van der Waals surface area contributed by atoms with Gasteiger partial charge in [-0.1, -0.05) is 13.8 Å². The van der Waals surface area contributed by atoms with Crippen molar-refractivity contribution in [3.05, 3.63) is 0 Å². The van der Waals surface area contributed by atoms with Gasteiger partial charge in [0.1, 0.15) is 0 Å². The molecule has 0 fully saturated rings. The predicted molar refractivity (Wildman–Crippen MR) is 47.3 cm³/mol. The molecule has 0 aliphatic carbocycles. The van der Waals surface area contributed by atoms with Gasteiger partial charge in [0.2, 0.25) is 0 Å². The van der Waals surface area contributed by atoms with Gasteiger partial charge in [0.25, 0.3) is 0 Å². The van der Waals surface area contributed by atoms with E-state index in [-0.39, 0.29) is 6.61 Å². The lowest BCUT2D eigenvalue weighted by Gasteiger charge is -2.12. The molecule has 0 amide bonds. The molecule has 0 aromatic heterocycles. The lowest BCUT2D eigenvalue weighted by molar-refractivity contribution is -0.0590. The number of ether oxygens (including phenoxy) is 1. The molecule has 1 atom stereocenters. The Kier molecular flexibility index (Phi) is 6.23. The molecule has 80 valence electrons. The van der Waals surface area contributed by atoms with E-state index in [1.54, 1.807) is 6.92 Å². The molecule has 5 nitrogen and oxygen atoms in total. The van der Waals surface area contributed by atoms with Crippen molar-refractivity contribution in [2.24, 2.45) is 0 Å². The maximum atomic E-state index is 11.0. The summed E-state index contributed by atoms with van der Waals surface area (Å²) in [5.41, 5.74) is 0. The maximum absolute atomic E-state index is 11.0. The van der Waals surface area contributed by atoms with E-state index in [4.69, 9.17) is 4.74 Å². The second kappa shape index (κ2) is 6.31. The molecular formula is C7H16O5S. The van der Waals surface area contributed by atoms with Crippen molar-refractivity contribution in [3.63, 3.8) is 0 Å². The fourth-order valence-electron chi connectivity index (χ4n) is 0.619. The molecule has 13 heavy (non-hydrogen) atoms. The van der Waals surface area contributed by atoms with Crippen LogP contribution < -0.4 is 0 Å². The predicted octanol–water partition coefficient (Wildman–Crippen LogP) is 1.06. The van der Waals surface area contributed by atoms with Crippen LogP contribution in [0.3, 0.4) is 0 Å². The van der Waals surface area contributed by atoms with Crippen LogP contribution in [0.4, 0.5) is 0 Å². The number of hydrogen-bond donors (Lipinski definition) is 0. The van der Waals surface area contributed by atoms with Crippen molar-refractivity contribution in [1.29, 1.82) is 0 Å². The molecule has 0 rings (SSSR count). The highest BCUT2D eigenvalue weighted by Gasteiger charge is 2.17. The number of methoxy groups -OCH3 is 1. The van der Waals surface area contributed by atoms with Crippen molar-refractivity contribution in [3.8, 4) is 0 Å². The fourth-order valence-corrected chi connectivity index (χ4v) is 1.52. The summed E-state index contributed by atoms with van der Waals surface area (Å²) in [7, 11) is -2.51. The first-order valence-electron chi connectivity index (χ1n) is 4.16. The van der Waals surface area contributed by atoms with E-state index in [2.05, 4.69) is 8.37 Å². The van der Waals surface area contributed by atoms with Crippen LogP contribution in [-0.2, 0) is 23.5 Å². The second-order valence-corrected chi connectivity index (χ2v) is 3.64. The highest BCUT2D eigenvalue weighted by Crippen LogP contribution is 2.06. The molecule has 0 saturated heterocycles. The molecule has 0 spiro atoms. The fraction of sp³-hybridized carbons (Fsp3) is 1.00. The van der Waals surface area contributed by atoms with Gasteiger partial charge in [-0.2, -0.15) is 8.42 Å². The standard InChI is InChI=1S/C7H16O5S/c1-4-6-11-13(8,9)12-7(5-2)10-3/h7H,4-6H2,1-3H3. The van der Waals surface area contributed by atoms with Gasteiger partial charge < -0.3 is 4.74 Å². The van der Waals surface area contributed by atoms with Crippen molar-refractivity contribution in [2.45, 2.75) is 33.0 Å². The Bertz CT molecular complexity index is 207. The molecular weight excluding hydrogens is 196 g/mol. The first-order valence-corrected chi connectivity index (χ1v) is 5.49. The van der Waals surface area contributed by atoms with Gasteiger partial charge in [-0.3, -0.25) is 0 Å². The Morgan fingerprint density at radius 3 is 2.31 bits per heavy atom. The Balaban J connectivity index is 4.00. The number of hydrogen-bond acceptors (Lipinski definition) is 5. The smallest absolute Gasteiger partial charge is 0.355 e. The third kappa shape index (κ3) is 5.98. The van der Waals surface area contributed by atoms with Crippen LogP contribution >= 0.6 is 0 Å². The summed E-state index contributed by atoms with van der Waals surface area (Å²) in [6.07, 6.45) is 0.305. The van der Waals surface area contributed by atoms with Crippen LogP contribution in [0.1, 0.15) is 26.7 Å². The molecule has 6 heteroatoms. The Labute approximate surface area is 79.3 Å². The molecule has 0 aliphatic rings. The molecule has 0 aromatic rings. The van der Waals surface area contributed by atoms with Crippen LogP contribution in [-0.4, -0.2) is 28.4 Å². The third-order valence-corrected chi connectivity index (χ3v) is 2.16. The lowest BCUT2D eigenvalue weighted by Crippen LogP contribution is -2.21. The van der Waals surface area contributed by atoms with Gasteiger partial charge in [-0.15, -0.1) is 0 Å². The molecule has 0 radical (unpaired) electrons. The average molecular weight is 212 g/mol. The van der Waals surface area contributed by atoms with Crippen LogP contribution in [0, 0.1) is 0 Å². The topological polar surface area (TPSA) is 61.8 Å². The average Bonchev–Trinajstić information content (AvgIpc) is 2.11. The normalized spacial score (nSPS) is 14.4. The summed E-state index contributed by atoms with van der Waals surface area (Å²) < 4.78 is 35.8. The minimum absolute atomic E-state index is 0.127. The Morgan fingerprint density at radius 2 is 1.92 bits per heavy atom. The minimum atomic E-state index is -3.89. The largest absolute Gasteiger partial charge is 0.402 e. The Morgan fingerprint density at radius 1 is 1.31 bits per heavy atom. The van der Waals surface area contributed by atoms with Gasteiger partial charge in [-0.05, 0) is 12.8 Å². The van der Waals surface area contributed by atoms with Crippen LogP contribution in [0.2, 0.25) is 0 Å². The van der Waals surface area contributed by atoms with E-state index in [0.717, 1.165) is 0 Å². The molecule has 0 saturated carbocycles. The van der Waals surface area contributed by atoms with Crippen molar-refractivity contribution in [1.82, 2.24) is 0 Å². The Hall–Kier alpha value is -0.170. The van der Waals surface area contributed by atoms with E-state index < -0.39 is 16.7 Å². The van der Waals surface area contributed by atoms with Gasteiger partial charge in [0.05, 0.1) is 6.61 Å². The van der Waals surface area contributed by atoms with Gasteiger partial charge in [0.15, 0.2) is 6.29 Å². The molecule has 0 aromatic carbocycles. The van der Waals surface area contributed by atoms with E-state index in [1.807, 2.05) is 6.92 Å². The quantitative estimate of drug-likeness (QED) is 0.590.